The van der Waals surface area contributed by atoms with Gasteiger partial charge in [0.15, 0.2) is 0 Å². The first-order valence-electron chi connectivity index (χ1n) is 6.03. The maximum atomic E-state index is 11.3. The lowest BCUT2D eigenvalue weighted by atomic mass is 10.0. The van der Waals surface area contributed by atoms with Gasteiger partial charge in [-0.3, -0.25) is 4.79 Å². The molecule has 92 valence electrons. The molecule has 0 aromatic heterocycles. The van der Waals surface area contributed by atoms with Crippen LogP contribution in [-0.4, -0.2) is 17.3 Å². The molecule has 0 amide bonds. The second-order valence-corrected chi connectivity index (χ2v) is 4.36. The molecule has 0 aliphatic carbocycles. The summed E-state index contributed by atoms with van der Waals surface area (Å²) in [7, 11) is 0. The third kappa shape index (κ3) is 11.1. The molecule has 0 saturated carbocycles. The Morgan fingerprint density at radius 2 is 1.06 bits per heavy atom. The summed E-state index contributed by atoms with van der Waals surface area (Å²) in [5, 5.41) is 0. The van der Waals surface area contributed by atoms with Crippen LogP contribution in [0.4, 0.5) is 0 Å². The van der Waals surface area contributed by atoms with Gasteiger partial charge in [0.25, 0.3) is 0 Å². The van der Waals surface area contributed by atoms with Gasteiger partial charge in [-0.15, -0.1) is 0 Å². The predicted molar refractivity (Wildman–Crippen MR) is 63.3 cm³/mol. The fraction of sp³-hybridized carbons (Fsp3) is 0.769. The molecule has 0 fully saturated rings. The molecule has 0 saturated heterocycles. The lowest BCUT2D eigenvalue weighted by molar-refractivity contribution is -0.119. The van der Waals surface area contributed by atoms with Gasteiger partial charge in [0.1, 0.15) is 17.3 Å². The predicted octanol–water partition coefficient (Wildman–Crippen LogP) is 2.85. The quantitative estimate of drug-likeness (QED) is 0.538. The molecule has 0 N–H and O–H groups in total. The zero-order valence-electron chi connectivity index (χ0n) is 10.4. The van der Waals surface area contributed by atoms with Crippen LogP contribution in [0.1, 0.15) is 65.2 Å². The summed E-state index contributed by atoms with van der Waals surface area (Å²) >= 11 is 0. The molecule has 0 radical (unpaired) electrons. The molecule has 3 nitrogen and oxygen atoms in total. The Labute approximate surface area is 97.6 Å². The number of rotatable bonds is 10. The van der Waals surface area contributed by atoms with E-state index in [-0.39, 0.29) is 17.3 Å². The largest absolute Gasteiger partial charge is 0.300 e. The summed E-state index contributed by atoms with van der Waals surface area (Å²) in [6, 6.07) is 0. The minimum absolute atomic E-state index is 0.147. The summed E-state index contributed by atoms with van der Waals surface area (Å²) in [4.78, 5) is 32.6. The molecule has 0 spiro atoms. The number of hydrogen-bond acceptors (Lipinski definition) is 3. The van der Waals surface area contributed by atoms with Gasteiger partial charge in [0.2, 0.25) is 0 Å². The highest BCUT2D eigenvalue weighted by atomic mass is 16.1. The summed E-state index contributed by atoms with van der Waals surface area (Å²) in [6.07, 6.45) is 5.62. The van der Waals surface area contributed by atoms with Crippen molar-refractivity contribution in [2.75, 3.05) is 0 Å². The molecule has 0 aliphatic rings. The van der Waals surface area contributed by atoms with E-state index in [2.05, 4.69) is 0 Å². The van der Waals surface area contributed by atoms with Crippen molar-refractivity contribution in [3.63, 3.8) is 0 Å². The normalized spacial score (nSPS) is 10.1. The number of Topliss-reactive ketones (excluding diaryl/α,β-unsaturated/α-hetero) is 3. The Hall–Kier alpha value is -0.990. The van der Waals surface area contributed by atoms with Crippen molar-refractivity contribution in [1.82, 2.24) is 0 Å². The molecular weight excluding hydrogens is 204 g/mol. The van der Waals surface area contributed by atoms with Crippen LogP contribution in [0, 0.1) is 0 Å². The van der Waals surface area contributed by atoms with E-state index >= 15 is 0 Å². The Balaban J connectivity index is 3.30. The van der Waals surface area contributed by atoms with Gasteiger partial charge in [0, 0.05) is 25.7 Å². The van der Waals surface area contributed by atoms with Gasteiger partial charge in [-0.05, 0) is 33.1 Å². The highest BCUT2D eigenvalue weighted by Gasteiger charge is 2.03. The third-order valence-electron chi connectivity index (χ3n) is 2.47. The van der Waals surface area contributed by atoms with Crippen molar-refractivity contribution in [1.29, 1.82) is 0 Å². The van der Waals surface area contributed by atoms with Crippen LogP contribution in [0.15, 0.2) is 0 Å². The molecule has 0 rings (SSSR count). The van der Waals surface area contributed by atoms with Crippen molar-refractivity contribution < 1.29 is 14.4 Å². The number of hydrogen-bond donors (Lipinski definition) is 0. The molecule has 0 heterocycles. The summed E-state index contributed by atoms with van der Waals surface area (Å²) in [5.74, 6) is 0.603. The van der Waals surface area contributed by atoms with E-state index < -0.39 is 0 Å². The molecule has 0 bridgehead atoms. The summed E-state index contributed by atoms with van der Waals surface area (Å²) in [6.45, 7) is 3.14. The lowest BCUT2D eigenvalue weighted by Crippen LogP contribution is -2.00. The maximum Gasteiger partial charge on any atom is 0.132 e. The average molecular weight is 226 g/mol. The fourth-order valence-electron chi connectivity index (χ4n) is 1.53. The van der Waals surface area contributed by atoms with Gasteiger partial charge in [-0.25, -0.2) is 0 Å². The average Bonchev–Trinajstić information content (AvgIpc) is 2.16. The molecule has 3 heteroatoms. The molecule has 0 aromatic rings. The Kier molecular flexibility index (Phi) is 8.68. The van der Waals surface area contributed by atoms with E-state index in [1.165, 1.54) is 0 Å². The molecule has 0 atom stereocenters. The number of unbranched alkanes of at least 4 members (excludes halogenated alkanes) is 2. The highest BCUT2D eigenvalue weighted by Crippen LogP contribution is 2.07. The first kappa shape index (κ1) is 15.0. The summed E-state index contributed by atoms with van der Waals surface area (Å²) < 4.78 is 0. The van der Waals surface area contributed by atoms with E-state index in [4.69, 9.17) is 0 Å². The van der Waals surface area contributed by atoms with E-state index in [1.54, 1.807) is 13.8 Å². The first-order valence-corrected chi connectivity index (χ1v) is 6.03. The van der Waals surface area contributed by atoms with Gasteiger partial charge in [0.05, 0.1) is 0 Å². The van der Waals surface area contributed by atoms with Crippen LogP contribution >= 0.6 is 0 Å². The fourth-order valence-corrected chi connectivity index (χ4v) is 1.53. The minimum atomic E-state index is 0.147. The Morgan fingerprint density at radius 1 is 0.625 bits per heavy atom. The van der Waals surface area contributed by atoms with Gasteiger partial charge >= 0.3 is 0 Å². The smallest absolute Gasteiger partial charge is 0.132 e. The second-order valence-electron chi connectivity index (χ2n) is 4.36. The van der Waals surface area contributed by atoms with Crippen molar-refractivity contribution in [3.8, 4) is 0 Å². The zero-order valence-corrected chi connectivity index (χ0v) is 10.4. The lowest BCUT2D eigenvalue weighted by Gasteiger charge is -2.00. The molecule has 16 heavy (non-hydrogen) atoms. The maximum absolute atomic E-state index is 11.3. The zero-order chi connectivity index (χ0) is 12.4. The SMILES string of the molecule is CC(=O)CCCCCC(=O)CCCC(C)=O. The molecule has 0 unspecified atom stereocenters. The van der Waals surface area contributed by atoms with Gasteiger partial charge < -0.3 is 9.59 Å². The van der Waals surface area contributed by atoms with E-state index in [9.17, 15) is 14.4 Å². The Bertz CT molecular complexity index is 244. The standard InChI is InChI=1S/C13H22O3/c1-11(14)7-4-3-5-9-13(16)10-6-8-12(2)15/h3-10H2,1-2H3. The number of ketones is 3. The molecule has 0 aliphatic heterocycles. The van der Waals surface area contributed by atoms with Gasteiger partial charge in [-0.1, -0.05) is 6.42 Å². The van der Waals surface area contributed by atoms with Crippen LogP contribution in [0.2, 0.25) is 0 Å². The molecule has 0 aromatic carbocycles. The third-order valence-corrected chi connectivity index (χ3v) is 2.47. The van der Waals surface area contributed by atoms with Gasteiger partial charge in [-0.2, -0.15) is 0 Å². The molecular formula is C13H22O3. The minimum Gasteiger partial charge on any atom is -0.300 e. The van der Waals surface area contributed by atoms with E-state index in [1.807, 2.05) is 0 Å². The number of carbonyl (C=O) groups excluding carboxylic acids is 3. The van der Waals surface area contributed by atoms with Crippen LogP contribution in [-0.2, 0) is 14.4 Å². The monoisotopic (exact) mass is 226 g/mol. The van der Waals surface area contributed by atoms with Crippen molar-refractivity contribution in [2.24, 2.45) is 0 Å². The second kappa shape index (κ2) is 9.25. The highest BCUT2D eigenvalue weighted by molar-refractivity contribution is 5.80. The topological polar surface area (TPSA) is 51.2 Å². The van der Waals surface area contributed by atoms with Crippen LogP contribution in [0.3, 0.4) is 0 Å². The van der Waals surface area contributed by atoms with Crippen molar-refractivity contribution >= 4 is 17.3 Å². The van der Waals surface area contributed by atoms with E-state index in [0.717, 1.165) is 19.3 Å². The van der Waals surface area contributed by atoms with E-state index in [0.29, 0.717) is 32.1 Å². The van der Waals surface area contributed by atoms with Crippen LogP contribution in [0.5, 0.6) is 0 Å². The first-order chi connectivity index (χ1) is 7.52. The van der Waals surface area contributed by atoms with Crippen LogP contribution < -0.4 is 0 Å². The summed E-state index contributed by atoms with van der Waals surface area (Å²) in [5.41, 5.74) is 0. The van der Waals surface area contributed by atoms with Crippen LogP contribution in [0.25, 0.3) is 0 Å². The number of carbonyl (C=O) groups is 3. The van der Waals surface area contributed by atoms with Crippen molar-refractivity contribution in [3.05, 3.63) is 0 Å². The van der Waals surface area contributed by atoms with Crippen molar-refractivity contribution in [2.45, 2.75) is 65.2 Å². The Morgan fingerprint density at radius 3 is 1.62 bits per heavy atom.